The largest absolute Gasteiger partial charge is 0.451 e. The number of esters is 1. The zero-order chi connectivity index (χ0) is 22.7. The van der Waals surface area contributed by atoms with Crippen molar-refractivity contribution in [1.29, 1.82) is 0 Å². The molecule has 0 spiro atoms. The predicted molar refractivity (Wildman–Crippen MR) is 110 cm³/mol. The smallest absolute Gasteiger partial charge is 0.410 e. The van der Waals surface area contributed by atoms with Gasteiger partial charge in [0, 0.05) is 0 Å². The van der Waals surface area contributed by atoms with Gasteiger partial charge in [0.2, 0.25) is 5.41 Å². The number of rotatable bonds is 6. The van der Waals surface area contributed by atoms with E-state index in [1.165, 1.54) is 25.1 Å². The van der Waals surface area contributed by atoms with E-state index in [2.05, 4.69) is 11.1 Å². The monoisotopic (exact) mass is 440 g/mol. The molecule has 1 aromatic carbocycles. The predicted octanol–water partition coefficient (Wildman–Crippen LogP) is 5.49. The Morgan fingerprint density at radius 1 is 1.13 bits per heavy atom. The van der Waals surface area contributed by atoms with Crippen molar-refractivity contribution >= 4 is 21.4 Å². The third-order valence-corrected chi connectivity index (χ3v) is 5.77. The minimum atomic E-state index is -5.18. The topological polar surface area (TPSA) is 52.6 Å². The SMILES string of the molecule is C=COC(=O)C1(c2ccc(C)cc2)C=CC(CC)=C(CC)C1(C(=O)OP)C(F)(F)F. The van der Waals surface area contributed by atoms with Crippen LogP contribution in [0, 0.1) is 12.3 Å². The van der Waals surface area contributed by atoms with Crippen LogP contribution in [0.2, 0.25) is 0 Å². The minimum Gasteiger partial charge on any atom is -0.451 e. The van der Waals surface area contributed by atoms with Crippen molar-refractivity contribution in [3.05, 3.63) is 71.5 Å². The molecule has 0 amide bonds. The van der Waals surface area contributed by atoms with Crippen LogP contribution >= 0.6 is 9.47 Å². The molecular weight excluding hydrogens is 416 g/mol. The number of hydrogen-bond donors (Lipinski definition) is 0. The molecule has 3 unspecified atom stereocenters. The molecule has 3 atom stereocenters. The lowest BCUT2D eigenvalue weighted by Crippen LogP contribution is -2.64. The highest BCUT2D eigenvalue weighted by atomic mass is 31.0. The van der Waals surface area contributed by atoms with E-state index in [0.717, 1.165) is 17.9 Å². The molecule has 1 aromatic rings. The number of alkyl halides is 3. The maximum atomic E-state index is 15.0. The summed E-state index contributed by atoms with van der Waals surface area (Å²) < 4.78 is 54.6. The molecule has 0 fully saturated rings. The molecule has 8 heteroatoms. The van der Waals surface area contributed by atoms with Crippen molar-refractivity contribution in [2.24, 2.45) is 5.41 Å². The minimum absolute atomic E-state index is 0.0370. The second-order valence-electron chi connectivity index (χ2n) is 6.94. The average molecular weight is 440 g/mol. The first kappa shape index (κ1) is 23.9. The Labute approximate surface area is 176 Å². The summed E-state index contributed by atoms with van der Waals surface area (Å²) in [6.45, 7) is 8.26. The molecule has 1 aliphatic rings. The van der Waals surface area contributed by atoms with Crippen LogP contribution in [-0.2, 0) is 24.3 Å². The first-order valence-corrected chi connectivity index (χ1v) is 9.84. The van der Waals surface area contributed by atoms with Crippen LogP contribution in [0.3, 0.4) is 0 Å². The third-order valence-electron chi connectivity index (χ3n) is 5.56. The molecule has 0 saturated heterocycles. The normalized spacial score (nSPS) is 23.8. The van der Waals surface area contributed by atoms with Gasteiger partial charge in [-0.25, -0.2) is 0 Å². The highest BCUT2D eigenvalue weighted by Crippen LogP contribution is 2.62. The summed E-state index contributed by atoms with van der Waals surface area (Å²) in [5.41, 5.74) is -5.02. The van der Waals surface area contributed by atoms with Crippen LogP contribution in [0.4, 0.5) is 13.2 Å². The Kier molecular flexibility index (Phi) is 6.97. The molecule has 162 valence electrons. The van der Waals surface area contributed by atoms with Gasteiger partial charge in [0.05, 0.1) is 15.7 Å². The summed E-state index contributed by atoms with van der Waals surface area (Å²) in [5.74, 6) is -2.87. The van der Waals surface area contributed by atoms with Crippen molar-refractivity contribution in [3.8, 4) is 0 Å². The lowest BCUT2D eigenvalue weighted by atomic mass is 9.52. The van der Waals surface area contributed by atoms with Crippen molar-refractivity contribution < 1.29 is 32.0 Å². The number of carbonyl (C=O) groups is 2. The molecule has 0 radical (unpaired) electrons. The van der Waals surface area contributed by atoms with Gasteiger partial charge < -0.3 is 9.26 Å². The summed E-state index contributed by atoms with van der Waals surface area (Å²) in [4.78, 5) is 26.3. The Morgan fingerprint density at radius 3 is 2.17 bits per heavy atom. The van der Waals surface area contributed by atoms with E-state index in [-0.39, 0.29) is 24.0 Å². The average Bonchev–Trinajstić information content (AvgIpc) is 2.71. The summed E-state index contributed by atoms with van der Waals surface area (Å²) >= 11 is 0. The Hall–Kier alpha value is -2.40. The van der Waals surface area contributed by atoms with Crippen LogP contribution < -0.4 is 0 Å². The summed E-state index contributed by atoms with van der Waals surface area (Å²) in [7, 11) is 1.57. The van der Waals surface area contributed by atoms with Gasteiger partial charge in [-0.1, -0.05) is 62.4 Å². The highest BCUT2D eigenvalue weighted by molar-refractivity contribution is 7.10. The highest BCUT2D eigenvalue weighted by Gasteiger charge is 2.77. The van der Waals surface area contributed by atoms with E-state index in [1.54, 1.807) is 35.4 Å². The first-order chi connectivity index (χ1) is 14.1. The van der Waals surface area contributed by atoms with Crippen LogP contribution in [-0.4, -0.2) is 18.1 Å². The van der Waals surface area contributed by atoms with Crippen LogP contribution in [0.1, 0.15) is 37.8 Å². The first-order valence-electron chi connectivity index (χ1n) is 9.37. The Bertz CT molecular complexity index is 902. The quantitative estimate of drug-likeness (QED) is 0.334. The fourth-order valence-electron chi connectivity index (χ4n) is 4.27. The van der Waals surface area contributed by atoms with Gasteiger partial charge in [-0.3, -0.25) is 9.59 Å². The lowest BCUT2D eigenvalue weighted by Gasteiger charge is -2.49. The van der Waals surface area contributed by atoms with Gasteiger partial charge in [0.25, 0.3) is 0 Å². The van der Waals surface area contributed by atoms with Crippen molar-refractivity contribution in [2.45, 2.75) is 45.2 Å². The Balaban J connectivity index is 3.15. The van der Waals surface area contributed by atoms with Crippen LogP contribution in [0.25, 0.3) is 0 Å². The van der Waals surface area contributed by atoms with Gasteiger partial charge >= 0.3 is 18.1 Å². The van der Waals surface area contributed by atoms with E-state index in [9.17, 15) is 9.59 Å². The molecule has 0 bridgehead atoms. The molecule has 30 heavy (non-hydrogen) atoms. The third kappa shape index (κ3) is 3.29. The summed E-state index contributed by atoms with van der Waals surface area (Å²) in [5, 5.41) is 0. The number of ether oxygens (including phenoxy) is 1. The second-order valence-corrected chi connectivity index (χ2v) is 7.18. The molecule has 0 saturated carbocycles. The van der Waals surface area contributed by atoms with E-state index in [4.69, 9.17) is 4.74 Å². The van der Waals surface area contributed by atoms with E-state index < -0.39 is 28.9 Å². The van der Waals surface area contributed by atoms with Gasteiger partial charge in [0.1, 0.15) is 5.41 Å². The molecular formula is C22H24F3O4P. The molecule has 4 nitrogen and oxygen atoms in total. The molecule has 0 aliphatic heterocycles. The molecule has 2 rings (SSSR count). The van der Waals surface area contributed by atoms with E-state index >= 15 is 13.2 Å². The second kappa shape index (κ2) is 8.76. The zero-order valence-electron chi connectivity index (χ0n) is 17.0. The maximum Gasteiger partial charge on any atom is 0.410 e. The van der Waals surface area contributed by atoms with Crippen molar-refractivity contribution in [2.75, 3.05) is 0 Å². The van der Waals surface area contributed by atoms with Gasteiger partial charge in [0.15, 0.2) is 0 Å². The van der Waals surface area contributed by atoms with E-state index in [1.807, 2.05) is 0 Å². The van der Waals surface area contributed by atoms with Crippen molar-refractivity contribution in [3.63, 3.8) is 0 Å². The number of allylic oxidation sites excluding steroid dienone is 2. The number of hydrogen-bond acceptors (Lipinski definition) is 4. The number of benzene rings is 1. The van der Waals surface area contributed by atoms with Gasteiger partial charge in [-0.15, -0.1) is 0 Å². The fraction of sp³-hybridized carbons (Fsp3) is 0.364. The summed E-state index contributed by atoms with van der Waals surface area (Å²) in [6.07, 6.45) is -1.74. The van der Waals surface area contributed by atoms with Crippen molar-refractivity contribution in [1.82, 2.24) is 0 Å². The molecule has 0 N–H and O–H groups in total. The number of aryl methyl sites for hydroxylation is 1. The zero-order valence-corrected chi connectivity index (χ0v) is 18.2. The van der Waals surface area contributed by atoms with Gasteiger partial charge in [-0.05, 0) is 36.5 Å². The number of halogens is 3. The Morgan fingerprint density at radius 2 is 1.73 bits per heavy atom. The van der Waals surface area contributed by atoms with Gasteiger partial charge in [-0.2, -0.15) is 13.2 Å². The van der Waals surface area contributed by atoms with E-state index in [0.29, 0.717) is 5.57 Å². The molecule has 0 aromatic heterocycles. The van der Waals surface area contributed by atoms with Crippen LogP contribution in [0.5, 0.6) is 0 Å². The van der Waals surface area contributed by atoms with Crippen LogP contribution in [0.15, 0.2) is 60.4 Å². The number of carbonyl (C=O) groups excluding carboxylic acids is 2. The molecule has 0 heterocycles. The molecule has 1 aliphatic carbocycles. The summed E-state index contributed by atoms with van der Waals surface area (Å²) in [6, 6.07) is 5.93. The lowest BCUT2D eigenvalue weighted by molar-refractivity contribution is -0.236. The fourth-order valence-corrected chi connectivity index (χ4v) is 4.45. The standard InChI is InChI=1S/C22H24F3O4P/c1-5-15-12-13-20(18(26)28-7-3,16-10-8-14(4)9-11-16)21(17(15)6-2,19(27)29-30)22(23,24)25/h7-13H,3,5-6,30H2,1-2,4H3. The maximum absolute atomic E-state index is 15.0.